The number of hydrogen-bond donors (Lipinski definition) is 1. The monoisotopic (exact) mass is 223 g/mol. The van der Waals surface area contributed by atoms with Crippen LogP contribution in [0.4, 0.5) is 11.4 Å². The summed E-state index contributed by atoms with van der Waals surface area (Å²) in [5.41, 5.74) is 2.26. The van der Waals surface area contributed by atoms with Crippen LogP contribution in [0.1, 0.15) is 13.8 Å². The fraction of sp³-hybridized carbons (Fsp3) is 0.125. The molecule has 2 aromatic rings. The molecular weight excluding hydrogens is 206 g/mol. The Morgan fingerprint density at radius 3 is 2.24 bits per heavy atom. The molecule has 0 spiro atoms. The molecule has 0 heterocycles. The van der Waals surface area contributed by atoms with Crippen LogP contribution in [0.15, 0.2) is 48.5 Å². The van der Waals surface area contributed by atoms with E-state index in [-0.39, 0.29) is 0 Å². The number of nitrogens with one attached hydrogen (secondary N) is 1. The van der Waals surface area contributed by atoms with Crippen molar-refractivity contribution < 1.29 is 0 Å². The van der Waals surface area contributed by atoms with E-state index < -0.39 is 0 Å². The van der Waals surface area contributed by atoms with Gasteiger partial charge in [0.2, 0.25) is 0 Å². The quantitative estimate of drug-likeness (QED) is 0.825. The Balaban J connectivity index is 2.48. The molecule has 1 nitrogen and oxygen atoms in total. The molecule has 1 heteroatoms. The van der Waals surface area contributed by atoms with Crippen LogP contribution in [-0.4, -0.2) is 0 Å². The van der Waals surface area contributed by atoms with Crippen molar-refractivity contribution in [1.82, 2.24) is 0 Å². The first kappa shape index (κ1) is 11.5. The Labute approximate surface area is 102 Å². The van der Waals surface area contributed by atoms with Gasteiger partial charge < -0.3 is 5.32 Å². The molecule has 0 aromatic heterocycles. The number of rotatable bonds is 2. The van der Waals surface area contributed by atoms with E-state index in [0.717, 1.165) is 11.4 Å². The maximum absolute atomic E-state index is 3.45. The molecule has 86 valence electrons. The van der Waals surface area contributed by atoms with Gasteiger partial charge in [-0.3, -0.25) is 0 Å². The lowest BCUT2D eigenvalue weighted by Crippen LogP contribution is -2.26. The summed E-state index contributed by atoms with van der Waals surface area (Å²) < 4.78 is 0. The third kappa shape index (κ3) is 2.56. The minimum absolute atomic E-state index is 1.11. The van der Waals surface area contributed by atoms with Crippen LogP contribution in [0.2, 0.25) is 0 Å². The maximum Gasteiger partial charge on any atom is 0.0460 e. The van der Waals surface area contributed by atoms with E-state index in [4.69, 9.17) is 0 Å². The first-order valence-electron chi connectivity index (χ1n) is 5.89. The van der Waals surface area contributed by atoms with Crippen molar-refractivity contribution >= 4 is 23.5 Å². The van der Waals surface area contributed by atoms with Crippen molar-refractivity contribution in [3.63, 3.8) is 0 Å². The molecule has 0 aliphatic carbocycles. The van der Waals surface area contributed by atoms with Crippen LogP contribution in [0.5, 0.6) is 0 Å². The lowest BCUT2D eigenvalue weighted by molar-refractivity contribution is 1.45. The van der Waals surface area contributed by atoms with Gasteiger partial charge in [0.05, 0.1) is 0 Å². The van der Waals surface area contributed by atoms with Crippen molar-refractivity contribution in [2.24, 2.45) is 0 Å². The smallest absolute Gasteiger partial charge is 0.0460 e. The normalized spacial score (nSPS) is 12.8. The second-order valence-corrected chi connectivity index (χ2v) is 3.88. The molecule has 0 saturated heterocycles. The van der Waals surface area contributed by atoms with Gasteiger partial charge in [-0.2, -0.15) is 0 Å². The molecule has 2 rings (SSSR count). The van der Waals surface area contributed by atoms with Crippen LogP contribution >= 0.6 is 0 Å². The molecule has 0 amide bonds. The highest BCUT2D eigenvalue weighted by Crippen LogP contribution is 2.10. The zero-order chi connectivity index (χ0) is 12.1. The minimum atomic E-state index is 1.11. The molecule has 0 radical (unpaired) electrons. The third-order valence-electron chi connectivity index (χ3n) is 2.79. The van der Waals surface area contributed by atoms with Crippen LogP contribution < -0.4 is 15.8 Å². The molecule has 2 aromatic carbocycles. The van der Waals surface area contributed by atoms with Crippen molar-refractivity contribution in [2.75, 3.05) is 5.32 Å². The largest absolute Gasteiger partial charge is 0.355 e. The van der Waals surface area contributed by atoms with Gasteiger partial charge in [0.25, 0.3) is 0 Å². The van der Waals surface area contributed by atoms with Gasteiger partial charge in [0.1, 0.15) is 0 Å². The van der Waals surface area contributed by atoms with Crippen LogP contribution in [0.25, 0.3) is 12.2 Å². The van der Waals surface area contributed by atoms with Crippen LogP contribution in [0, 0.1) is 0 Å². The van der Waals surface area contributed by atoms with Gasteiger partial charge in [-0.05, 0) is 37.3 Å². The lowest BCUT2D eigenvalue weighted by Gasteiger charge is -2.07. The van der Waals surface area contributed by atoms with Crippen molar-refractivity contribution in [3.8, 4) is 0 Å². The first-order chi connectivity index (χ1) is 8.35. The molecule has 17 heavy (non-hydrogen) atoms. The topological polar surface area (TPSA) is 12.0 Å². The molecule has 0 aliphatic rings. The Morgan fingerprint density at radius 2 is 1.59 bits per heavy atom. The third-order valence-corrected chi connectivity index (χ3v) is 2.79. The summed E-state index contributed by atoms with van der Waals surface area (Å²) in [6.45, 7) is 4.13. The average molecular weight is 223 g/mol. The Bertz CT molecular complexity index is 597. The summed E-state index contributed by atoms with van der Waals surface area (Å²) in [6, 6.07) is 16.5. The predicted octanol–water partition coefficient (Wildman–Crippen LogP) is 3.03. The fourth-order valence-electron chi connectivity index (χ4n) is 1.94. The van der Waals surface area contributed by atoms with E-state index in [9.17, 15) is 0 Å². The second-order valence-electron chi connectivity index (χ2n) is 3.88. The molecule has 0 fully saturated rings. The maximum atomic E-state index is 3.45. The fourth-order valence-corrected chi connectivity index (χ4v) is 1.94. The van der Waals surface area contributed by atoms with E-state index in [1.807, 2.05) is 18.2 Å². The van der Waals surface area contributed by atoms with Gasteiger partial charge in [-0.25, -0.2) is 0 Å². The van der Waals surface area contributed by atoms with E-state index >= 15 is 0 Å². The highest BCUT2D eigenvalue weighted by atomic mass is 14.9. The second kappa shape index (κ2) is 5.35. The Hall–Kier alpha value is -2.02. The summed E-state index contributed by atoms with van der Waals surface area (Å²) in [7, 11) is 0. The predicted molar refractivity (Wildman–Crippen MR) is 75.7 cm³/mol. The Morgan fingerprint density at radius 1 is 0.824 bits per heavy atom. The average Bonchev–Trinajstić information content (AvgIpc) is 2.39. The molecule has 0 atom stereocenters. The number of para-hydroxylation sites is 1. The van der Waals surface area contributed by atoms with Gasteiger partial charge >= 0.3 is 0 Å². The summed E-state index contributed by atoms with van der Waals surface area (Å²) in [6.07, 6.45) is 4.27. The van der Waals surface area contributed by atoms with Gasteiger partial charge in [0, 0.05) is 16.6 Å². The van der Waals surface area contributed by atoms with Crippen LogP contribution in [-0.2, 0) is 0 Å². The lowest BCUT2D eigenvalue weighted by atomic mass is 10.2. The van der Waals surface area contributed by atoms with Crippen molar-refractivity contribution in [2.45, 2.75) is 13.8 Å². The highest BCUT2D eigenvalue weighted by Gasteiger charge is 1.96. The summed E-state index contributed by atoms with van der Waals surface area (Å²) >= 11 is 0. The number of hydrogen-bond acceptors (Lipinski definition) is 1. The molecular formula is C16H17N. The number of benzene rings is 2. The van der Waals surface area contributed by atoms with E-state index in [1.54, 1.807) is 0 Å². The zero-order valence-corrected chi connectivity index (χ0v) is 10.3. The van der Waals surface area contributed by atoms with E-state index in [2.05, 4.69) is 61.6 Å². The molecule has 1 N–H and O–H groups in total. The van der Waals surface area contributed by atoms with Gasteiger partial charge in [-0.1, -0.05) is 42.5 Å². The first-order valence-corrected chi connectivity index (χ1v) is 5.89. The highest BCUT2D eigenvalue weighted by molar-refractivity contribution is 5.61. The van der Waals surface area contributed by atoms with E-state index in [0.29, 0.717) is 0 Å². The SMILES string of the molecule is C/C=c1/cccc(Nc2ccccc2)/c1=C/C. The molecule has 0 aliphatic heterocycles. The van der Waals surface area contributed by atoms with E-state index in [1.165, 1.54) is 10.4 Å². The Kier molecular flexibility index (Phi) is 3.61. The minimum Gasteiger partial charge on any atom is -0.355 e. The molecule has 0 bridgehead atoms. The van der Waals surface area contributed by atoms with Gasteiger partial charge in [0.15, 0.2) is 0 Å². The molecule has 0 saturated carbocycles. The van der Waals surface area contributed by atoms with Crippen molar-refractivity contribution in [1.29, 1.82) is 0 Å². The number of anilines is 2. The van der Waals surface area contributed by atoms with Gasteiger partial charge in [-0.15, -0.1) is 0 Å². The molecule has 0 unspecified atom stereocenters. The van der Waals surface area contributed by atoms with Crippen LogP contribution in [0.3, 0.4) is 0 Å². The zero-order valence-electron chi connectivity index (χ0n) is 10.3. The summed E-state index contributed by atoms with van der Waals surface area (Å²) in [5, 5.41) is 5.95. The standard InChI is InChI=1S/C16H17N/c1-3-13-9-8-12-16(15(13)4-2)17-14-10-6-5-7-11-14/h3-12,17H,1-2H3/b13-3-,15-4+. The van der Waals surface area contributed by atoms with Crippen molar-refractivity contribution in [3.05, 3.63) is 59.0 Å². The summed E-state index contributed by atoms with van der Waals surface area (Å²) in [5.74, 6) is 0. The summed E-state index contributed by atoms with van der Waals surface area (Å²) in [4.78, 5) is 0.